The monoisotopic (exact) mass is 261 g/mol. The van der Waals surface area contributed by atoms with Gasteiger partial charge in [-0.3, -0.25) is 19.9 Å². The first kappa shape index (κ1) is 13.7. The van der Waals surface area contributed by atoms with Crippen LogP contribution in [0.3, 0.4) is 0 Å². The van der Waals surface area contributed by atoms with E-state index in [1.165, 1.54) is 12.5 Å². The average Bonchev–Trinajstić information content (AvgIpc) is 2.32. The first-order valence-electron chi connectivity index (χ1n) is 6.58. The lowest BCUT2D eigenvalue weighted by atomic mass is 9.81. The molecule has 1 aliphatic rings. The zero-order valence-corrected chi connectivity index (χ0v) is 11.1. The van der Waals surface area contributed by atoms with Crippen molar-refractivity contribution in [1.29, 1.82) is 0 Å². The topological polar surface area (TPSA) is 71.1 Å². The number of aromatic nitrogens is 1. The van der Waals surface area contributed by atoms with Crippen LogP contribution < -0.4 is 10.6 Å². The Morgan fingerprint density at radius 1 is 1.42 bits per heavy atom. The molecule has 1 aromatic rings. The van der Waals surface area contributed by atoms with Crippen LogP contribution in [0.25, 0.3) is 0 Å². The molecule has 2 rings (SSSR count). The van der Waals surface area contributed by atoms with Crippen molar-refractivity contribution in [3.63, 3.8) is 0 Å². The number of pyridine rings is 1. The predicted molar refractivity (Wildman–Crippen MR) is 71.3 cm³/mol. The van der Waals surface area contributed by atoms with Crippen molar-refractivity contribution in [3.05, 3.63) is 30.1 Å². The molecule has 0 unspecified atom stereocenters. The number of hydrogen-bond acceptors (Lipinski definition) is 4. The summed E-state index contributed by atoms with van der Waals surface area (Å²) in [4.78, 5) is 26.9. The van der Waals surface area contributed by atoms with Gasteiger partial charge in [-0.25, -0.2) is 0 Å². The molecule has 1 fully saturated rings. The molecule has 0 aromatic carbocycles. The third kappa shape index (κ3) is 3.38. The highest BCUT2D eigenvalue weighted by molar-refractivity contribution is 5.99. The van der Waals surface area contributed by atoms with Gasteiger partial charge in [-0.1, -0.05) is 0 Å². The summed E-state index contributed by atoms with van der Waals surface area (Å²) in [5, 5.41) is 5.56. The summed E-state index contributed by atoms with van der Waals surface area (Å²) in [5.74, 6) is -0.492. The molecule has 0 saturated carbocycles. The molecule has 5 heteroatoms. The Morgan fingerprint density at radius 2 is 2.11 bits per heavy atom. The first-order chi connectivity index (χ1) is 9.12. The Morgan fingerprint density at radius 3 is 2.63 bits per heavy atom. The van der Waals surface area contributed by atoms with Crippen LogP contribution in [0.4, 0.5) is 0 Å². The fourth-order valence-electron chi connectivity index (χ4n) is 2.37. The molecule has 2 heterocycles. The lowest BCUT2D eigenvalue weighted by molar-refractivity contribution is -0.136. The van der Waals surface area contributed by atoms with E-state index in [-0.39, 0.29) is 11.8 Å². The van der Waals surface area contributed by atoms with Gasteiger partial charge in [-0.05, 0) is 49.9 Å². The highest BCUT2D eigenvalue weighted by atomic mass is 16.2. The molecule has 0 bridgehead atoms. The van der Waals surface area contributed by atoms with Crippen molar-refractivity contribution < 1.29 is 9.59 Å². The van der Waals surface area contributed by atoms with Crippen LogP contribution in [0.1, 0.15) is 31.7 Å². The molecule has 5 nitrogen and oxygen atoms in total. The van der Waals surface area contributed by atoms with E-state index in [9.17, 15) is 9.59 Å². The number of rotatable bonds is 5. The average molecular weight is 261 g/mol. The predicted octanol–water partition coefficient (Wildman–Crippen LogP) is 0.799. The number of aryl methyl sites for hydroxylation is 1. The molecule has 1 aliphatic heterocycles. The molecule has 2 amide bonds. The van der Waals surface area contributed by atoms with Crippen molar-refractivity contribution in [2.75, 3.05) is 6.54 Å². The van der Waals surface area contributed by atoms with Gasteiger partial charge in [0.1, 0.15) is 0 Å². The number of nitrogens with zero attached hydrogens (tertiary/aromatic N) is 1. The van der Waals surface area contributed by atoms with Crippen molar-refractivity contribution in [1.82, 2.24) is 15.6 Å². The Bertz CT molecular complexity index is 455. The molecule has 0 radical (unpaired) electrons. The summed E-state index contributed by atoms with van der Waals surface area (Å²) in [6, 6.07) is 3.97. The lowest BCUT2D eigenvalue weighted by Gasteiger charge is -2.41. The number of nitrogens with one attached hydrogen (secondary N) is 2. The number of hydrogen-bond donors (Lipinski definition) is 2. The second kappa shape index (κ2) is 5.93. The number of imide groups is 1. The van der Waals surface area contributed by atoms with E-state index in [1.54, 1.807) is 12.4 Å². The Kier molecular flexibility index (Phi) is 4.27. The van der Waals surface area contributed by atoms with E-state index in [0.29, 0.717) is 0 Å². The van der Waals surface area contributed by atoms with Crippen LogP contribution in [0.2, 0.25) is 0 Å². The van der Waals surface area contributed by atoms with Gasteiger partial charge in [0.25, 0.3) is 0 Å². The van der Waals surface area contributed by atoms with Crippen molar-refractivity contribution >= 4 is 11.8 Å². The summed E-state index contributed by atoms with van der Waals surface area (Å²) in [6.07, 6.45) is 6.91. The fourth-order valence-corrected chi connectivity index (χ4v) is 2.37. The molecule has 102 valence electrons. The van der Waals surface area contributed by atoms with Crippen LogP contribution in [-0.4, -0.2) is 28.9 Å². The van der Waals surface area contributed by atoms with Crippen LogP contribution in [0, 0.1) is 0 Å². The summed E-state index contributed by atoms with van der Waals surface area (Å²) < 4.78 is 0. The Hall–Kier alpha value is -1.75. The Balaban J connectivity index is 1.85. The van der Waals surface area contributed by atoms with Gasteiger partial charge < -0.3 is 5.32 Å². The quantitative estimate of drug-likeness (QED) is 0.822. The van der Waals surface area contributed by atoms with Gasteiger partial charge in [0.15, 0.2) is 0 Å². The molecular weight excluding hydrogens is 242 g/mol. The van der Waals surface area contributed by atoms with Crippen LogP contribution in [0.15, 0.2) is 24.5 Å². The van der Waals surface area contributed by atoms with E-state index in [0.717, 1.165) is 32.2 Å². The van der Waals surface area contributed by atoms with Gasteiger partial charge >= 0.3 is 0 Å². The fraction of sp³-hybridized carbons (Fsp3) is 0.500. The van der Waals surface area contributed by atoms with Gasteiger partial charge in [-0.15, -0.1) is 0 Å². The van der Waals surface area contributed by atoms with Gasteiger partial charge in [-0.2, -0.15) is 0 Å². The van der Waals surface area contributed by atoms with E-state index >= 15 is 0 Å². The van der Waals surface area contributed by atoms with E-state index in [4.69, 9.17) is 0 Å². The largest absolute Gasteiger partial charge is 0.303 e. The molecule has 2 N–H and O–H groups in total. The molecule has 19 heavy (non-hydrogen) atoms. The third-order valence-electron chi connectivity index (χ3n) is 3.56. The normalized spacial score (nSPS) is 21.5. The maximum Gasteiger partial charge on any atom is 0.246 e. The zero-order chi connectivity index (χ0) is 13.7. The van der Waals surface area contributed by atoms with E-state index < -0.39 is 5.54 Å². The number of amides is 2. The van der Waals surface area contributed by atoms with Crippen molar-refractivity contribution in [2.24, 2.45) is 0 Å². The standard InChI is InChI=1S/C14H19N3O2/c1-11(18)17-13(19)14(7-10-16-14)6-2-3-12-4-8-15-9-5-12/h4-5,8-9,16H,2-3,6-7,10H2,1H3,(H,17,18,19)/t14-/m0/s1. The van der Waals surface area contributed by atoms with Crippen molar-refractivity contribution in [2.45, 2.75) is 38.1 Å². The highest BCUT2D eigenvalue weighted by Crippen LogP contribution is 2.25. The van der Waals surface area contributed by atoms with Gasteiger partial charge in [0.05, 0.1) is 5.54 Å². The maximum atomic E-state index is 12.0. The molecule has 0 aliphatic carbocycles. The first-order valence-corrected chi connectivity index (χ1v) is 6.58. The summed E-state index contributed by atoms with van der Waals surface area (Å²) in [7, 11) is 0. The van der Waals surface area contributed by atoms with Crippen LogP contribution in [0.5, 0.6) is 0 Å². The summed E-state index contributed by atoms with van der Waals surface area (Å²) in [6.45, 7) is 2.20. The molecule has 1 saturated heterocycles. The maximum absolute atomic E-state index is 12.0. The number of carbonyl (C=O) groups is 2. The third-order valence-corrected chi connectivity index (χ3v) is 3.56. The minimum absolute atomic E-state index is 0.194. The Labute approximate surface area is 112 Å². The SMILES string of the molecule is CC(=O)NC(=O)[C@]1(CCCc2ccncc2)CCN1. The molecular formula is C14H19N3O2. The smallest absolute Gasteiger partial charge is 0.246 e. The molecule has 1 aromatic heterocycles. The molecule has 0 spiro atoms. The minimum Gasteiger partial charge on any atom is -0.303 e. The minimum atomic E-state index is -0.543. The van der Waals surface area contributed by atoms with Crippen molar-refractivity contribution in [3.8, 4) is 0 Å². The van der Waals surface area contributed by atoms with Gasteiger partial charge in [0.2, 0.25) is 11.8 Å². The second-order valence-electron chi connectivity index (χ2n) is 4.98. The highest BCUT2D eigenvalue weighted by Gasteiger charge is 2.43. The van der Waals surface area contributed by atoms with Gasteiger partial charge in [0, 0.05) is 19.3 Å². The lowest BCUT2D eigenvalue weighted by Crippen LogP contribution is -2.66. The van der Waals surface area contributed by atoms with E-state index in [2.05, 4.69) is 15.6 Å². The second-order valence-corrected chi connectivity index (χ2v) is 4.98. The van der Waals surface area contributed by atoms with E-state index in [1.807, 2.05) is 12.1 Å². The van der Waals surface area contributed by atoms with Crippen LogP contribution >= 0.6 is 0 Å². The van der Waals surface area contributed by atoms with Crippen LogP contribution in [-0.2, 0) is 16.0 Å². The number of carbonyl (C=O) groups excluding carboxylic acids is 2. The zero-order valence-electron chi connectivity index (χ0n) is 11.1. The summed E-state index contributed by atoms with van der Waals surface area (Å²) >= 11 is 0. The summed E-state index contributed by atoms with van der Waals surface area (Å²) in [5.41, 5.74) is 0.676. The molecule has 1 atom stereocenters.